The number of carboxylic acid groups (broad SMARTS) is 1. The lowest BCUT2D eigenvalue weighted by Gasteiger charge is -2.49. The third-order valence-corrected chi connectivity index (χ3v) is 6.72. The van der Waals surface area contributed by atoms with Gasteiger partial charge in [0.1, 0.15) is 22.9 Å². The Balaban J connectivity index is 1.45. The second-order valence-electron chi connectivity index (χ2n) is 7.79. The number of thioether (sulfide) groups is 1. The number of carboxylic acids is 1. The minimum atomic E-state index is -1.17. The van der Waals surface area contributed by atoms with Crippen molar-refractivity contribution in [2.75, 3.05) is 5.75 Å². The molecule has 2 N–H and O–H groups in total. The number of amides is 2. The molecule has 9 heteroatoms. The summed E-state index contributed by atoms with van der Waals surface area (Å²) in [5, 5.41) is 12.1. The third kappa shape index (κ3) is 4.93. The van der Waals surface area contributed by atoms with Crippen LogP contribution < -0.4 is 10.1 Å². The lowest BCUT2D eigenvalue weighted by atomic mass is 9.98. The molecule has 0 radical (unpaired) electrons. The molecular formula is C24H22N2O6S. The van der Waals surface area contributed by atoms with E-state index in [4.69, 9.17) is 4.74 Å². The van der Waals surface area contributed by atoms with Gasteiger partial charge in [0.15, 0.2) is 0 Å². The van der Waals surface area contributed by atoms with Crippen molar-refractivity contribution in [3.63, 3.8) is 0 Å². The molecule has 4 rings (SSSR count). The molecule has 2 aliphatic heterocycles. The largest absolute Gasteiger partial charge is 0.477 e. The first-order valence-corrected chi connectivity index (χ1v) is 11.4. The van der Waals surface area contributed by atoms with Gasteiger partial charge in [-0.25, -0.2) is 4.79 Å². The number of nitrogens with one attached hydrogen (secondary N) is 1. The predicted molar refractivity (Wildman–Crippen MR) is 121 cm³/mol. The zero-order valence-electron chi connectivity index (χ0n) is 17.8. The maximum absolute atomic E-state index is 12.8. The molecule has 0 unspecified atom stereocenters. The van der Waals surface area contributed by atoms with Crippen molar-refractivity contribution in [2.24, 2.45) is 0 Å². The molecule has 1 saturated heterocycles. The van der Waals surface area contributed by atoms with E-state index in [-0.39, 0.29) is 18.0 Å². The van der Waals surface area contributed by atoms with Crippen molar-refractivity contribution in [2.45, 2.75) is 31.2 Å². The topological polar surface area (TPSA) is 113 Å². The van der Waals surface area contributed by atoms with Crippen molar-refractivity contribution in [3.05, 3.63) is 77.0 Å². The lowest BCUT2D eigenvalue weighted by Crippen LogP contribution is -2.70. The summed E-state index contributed by atoms with van der Waals surface area (Å²) in [6.07, 6.45) is 0.495. The molecule has 0 aromatic heterocycles. The monoisotopic (exact) mass is 466 g/mol. The fraction of sp³-hybridized carbons (Fsp3) is 0.250. The molecule has 2 aromatic rings. The van der Waals surface area contributed by atoms with Gasteiger partial charge < -0.3 is 15.2 Å². The van der Waals surface area contributed by atoms with Gasteiger partial charge in [-0.05, 0) is 35.3 Å². The second kappa shape index (κ2) is 9.50. The van der Waals surface area contributed by atoms with Gasteiger partial charge >= 0.3 is 11.9 Å². The van der Waals surface area contributed by atoms with E-state index < -0.39 is 29.3 Å². The SMILES string of the molecule is CC(=O)Oc1ccc(CC2=C(C(=O)O)N3C(=O)[C@@H](NC(=O)Cc4ccccc4)[C@@H]3SC2)cc1. The van der Waals surface area contributed by atoms with Crippen LogP contribution in [-0.4, -0.2) is 50.9 Å². The molecule has 8 nitrogen and oxygen atoms in total. The maximum atomic E-state index is 12.8. The van der Waals surface area contributed by atoms with Crippen LogP contribution >= 0.6 is 11.8 Å². The molecule has 0 saturated carbocycles. The Morgan fingerprint density at radius 3 is 2.42 bits per heavy atom. The van der Waals surface area contributed by atoms with Crippen LogP contribution in [0.5, 0.6) is 5.75 Å². The summed E-state index contributed by atoms with van der Waals surface area (Å²) in [6.45, 7) is 1.31. The Labute approximate surface area is 194 Å². The van der Waals surface area contributed by atoms with Crippen LogP contribution in [-0.2, 0) is 32.0 Å². The van der Waals surface area contributed by atoms with Crippen molar-refractivity contribution in [3.8, 4) is 5.75 Å². The quantitative estimate of drug-likeness (QED) is 0.365. The highest BCUT2D eigenvalue weighted by Gasteiger charge is 2.54. The summed E-state index contributed by atoms with van der Waals surface area (Å²) in [6, 6.07) is 15.3. The summed E-state index contributed by atoms with van der Waals surface area (Å²) in [7, 11) is 0. The van der Waals surface area contributed by atoms with Gasteiger partial charge in [0.2, 0.25) is 5.91 Å². The first kappa shape index (κ1) is 22.6. The number of ether oxygens (including phenoxy) is 1. The lowest BCUT2D eigenvalue weighted by molar-refractivity contribution is -0.150. The van der Waals surface area contributed by atoms with E-state index in [9.17, 15) is 24.3 Å². The number of fused-ring (bicyclic) bond motifs is 1. The third-order valence-electron chi connectivity index (χ3n) is 5.38. The molecule has 0 spiro atoms. The van der Waals surface area contributed by atoms with E-state index in [1.165, 1.54) is 23.6 Å². The summed E-state index contributed by atoms with van der Waals surface area (Å²) in [4.78, 5) is 49.6. The second-order valence-corrected chi connectivity index (χ2v) is 8.89. The van der Waals surface area contributed by atoms with Crippen LogP contribution in [0.25, 0.3) is 0 Å². The fourth-order valence-electron chi connectivity index (χ4n) is 3.91. The zero-order valence-corrected chi connectivity index (χ0v) is 18.6. The van der Waals surface area contributed by atoms with Crippen LogP contribution in [0, 0.1) is 0 Å². The molecular weight excluding hydrogens is 444 g/mol. The summed E-state index contributed by atoms with van der Waals surface area (Å²) < 4.78 is 5.02. The Morgan fingerprint density at radius 2 is 1.79 bits per heavy atom. The van der Waals surface area contributed by atoms with Crippen molar-refractivity contribution in [1.29, 1.82) is 0 Å². The van der Waals surface area contributed by atoms with Crippen LogP contribution in [0.4, 0.5) is 0 Å². The molecule has 2 heterocycles. The molecule has 1 fully saturated rings. The predicted octanol–water partition coefficient (Wildman–Crippen LogP) is 2.14. The number of carbonyl (C=O) groups is 4. The first-order valence-electron chi connectivity index (χ1n) is 10.3. The molecule has 2 atom stereocenters. The number of carbonyl (C=O) groups excluding carboxylic acids is 3. The Kier molecular flexibility index (Phi) is 6.50. The van der Waals surface area contributed by atoms with Gasteiger partial charge in [0, 0.05) is 12.7 Å². The van der Waals surface area contributed by atoms with Gasteiger partial charge in [-0.15, -0.1) is 11.8 Å². The average Bonchev–Trinajstić information content (AvgIpc) is 2.78. The van der Waals surface area contributed by atoms with E-state index in [1.807, 2.05) is 30.3 Å². The summed E-state index contributed by atoms with van der Waals surface area (Å²) in [5.74, 6) is -1.46. The highest BCUT2D eigenvalue weighted by molar-refractivity contribution is 8.00. The van der Waals surface area contributed by atoms with Gasteiger partial charge in [0.25, 0.3) is 5.91 Å². The number of hydrogen-bond acceptors (Lipinski definition) is 6. The molecule has 2 aliphatic rings. The zero-order chi connectivity index (χ0) is 23.5. The highest BCUT2D eigenvalue weighted by Crippen LogP contribution is 2.41. The minimum absolute atomic E-state index is 0.0265. The molecule has 0 bridgehead atoms. The maximum Gasteiger partial charge on any atom is 0.352 e. The smallest absolute Gasteiger partial charge is 0.352 e. The Bertz CT molecular complexity index is 1130. The van der Waals surface area contributed by atoms with Gasteiger partial charge in [-0.2, -0.15) is 0 Å². The summed E-state index contributed by atoms with van der Waals surface area (Å²) in [5.41, 5.74) is 2.26. The van der Waals surface area contributed by atoms with Crippen molar-refractivity contribution >= 4 is 35.5 Å². The van der Waals surface area contributed by atoms with Gasteiger partial charge in [-0.3, -0.25) is 19.3 Å². The normalized spacial score (nSPS) is 19.4. The van der Waals surface area contributed by atoms with Gasteiger partial charge in [0.05, 0.1) is 6.42 Å². The molecule has 33 heavy (non-hydrogen) atoms. The molecule has 2 aromatic carbocycles. The van der Waals surface area contributed by atoms with Crippen molar-refractivity contribution in [1.82, 2.24) is 10.2 Å². The van der Waals surface area contributed by atoms with Crippen LogP contribution in [0.2, 0.25) is 0 Å². The average molecular weight is 467 g/mol. The Hall–Kier alpha value is -3.59. The standard InChI is InChI=1S/C24H22N2O6S/c1-14(27)32-18-9-7-16(8-10-18)11-17-13-33-23-20(22(29)26(23)21(17)24(30)31)25-19(28)12-15-5-3-2-4-6-15/h2-10,20,23H,11-13H2,1H3,(H,25,28)(H,30,31)/t20-,23+/m1/s1. The number of aliphatic carboxylic acids is 1. The number of benzene rings is 2. The molecule has 170 valence electrons. The van der Waals surface area contributed by atoms with Crippen molar-refractivity contribution < 1.29 is 29.0 Å². The fourth-order valence-corrected chi connectivity index (χ4v) is 5.26. The number of β-lactam (4-membered cyclic amide) rings is 1. The van der Waals surface area contributed by atoms with Crippen LogP contribution in [0.15, 0.2) is 65.9 Å². The van der Waals surface area contributed by atoms with E-state index in [1.54, 1.807) is 24.3 Å². The number of hydrogen-bond donors (Lipinski definition) is 2. The number of rotatable bonds is 7. The highest BCUT2D eigenvalue weighted by atomic mass is 32.2. The van der Waals surface area contributed by atoms with E-state index in [2.05, 4.69) is 5.32 Å². The number of esters is 1. The van der Waals surface area contributed by atoms with Crippen LogP contribution in [0.3, 0.4) is 0 Å². The summed E-state index contributed by atoms with van der Waals surface area (Å²) >= 11 is 1.43. The molecule has 0 aliphatic carbocycles. The first-order chi connectivity index (χ1) is 15.8. The van der Waals surface area contributed by atoms with E-state index >= 15 is 0 Å². The Morgan fingerprint density at radius 1 is 1.09 bits per heavy atom. The van der Waals surface area contributed by atoms with E-state index in [0.717, 1.165) is 11.1 Å². The van der Waals surface area contributed by atoms with Crippen LogP contribution in [0.1, 0.15) is 18.1 Å². The van der Waals surface area contributed by atoms with E-state index in [0.29, 0.717) is 23.5 Å². The van der Waals surface area contributed by atoms with Gasteiger partial charge in [-0.1, -0.05) is 42.5 Å². The molecule has 2 amide bonds. The minimum Gasteiger partial charge on any atom is -0.477 e. The number of nitrogens with zero attached hydrogens (tertiary/aromatic N) is 1.